The van der Waals surface area contributed by atoms with Crippen LogP contribution in [0.2, 0.25) is 0 Å². The molecule has 0 bridgehead atoms. The summed E-state index contributed by atoms with van der Waals surface area (Å²) in [5, 5.41) is 9.21. The fourth-order valence-electron chi connectivity index (χ4n) is 0.651. The van der Waals surface area contributed by atoms with Gasteiger partial charge in [-0.1, -0.05) is 13.8 Å². The van der Waals surface area contributed by atoms with Gasteiger partial charge in [0.25, 0.3) is 0 Å². The summed E-state index contributed by atoms with van der Waals surface area (Å²) >= 11 is 0.972. The molecule has 0 atom stereocenters. The lowest BCUT2D eigenvalue weighted by Gasteiger charge is -2.29. The van der Waals surface area contributed by atoms with E-state index in [-0.39, 0.29) is 12.8 Å². The Labute approximate surface area is 73.0 Å². The van der Waals surface area contributed by atoms with Crippen molar-refractivity contribution in [3.63, 3.8) is 0 Å². The van der Waals surface area contributed by atoms with Gasteiger partial charge < -0.3 is 5.11 Å². The van der Waals surface area contributed by atoms with Crippen LogP contribution in [0.1, 0.15) is 26.7 Å². The first-order chi connectivity index (χ1) is 4.37. The Kier molecular flexibility index (Phi) is 3.48. The average molecular weight is 264 g/mol. The average Bonchev–Trinajstić information content (AvgIpc) is 1.84. The number of halogens is 3. The van der Waals surface area contributed by atoms with Gasteiger partial charge in [0.15, 0.2) is 0 Å². The second-order valence-electron chi connectivity index (χ2n) is 2.24. The van der Waals surface area contributed by atoms with Gasteiger partial charge in [0.2, 0.25) is 0 Å². The van der Waals surface area contributed by atoms with E-state index in [1.807, 2.05) is 0 Å². The van der Waals surface area contributed by atoms with Crippen molar-refractivity contribution in [1.29, 1.82) is 0 Å². The highest BCUT2D eigenvalue weighted by Crippen LogP contribution is 2.39. The molecule has 0 heterocycles. The van der Waals surface area contributed by atoms with E-state index in [1.165, 1.54) is 0 Å². The van der Waals surface area contributed by atoms with Gasteiger partial charge in [0.05, 0.1) is 0 Å². The quantitative estimate of drug-likeness (QED) is 0.613. The molecule has 0 rings (SSSR count). The molecule has 0 radical (unpaired) electrons. The second-order valence-corrected chi connectivity index (χ2v) is 3.59. The first-order valence-corrected chi connectivity index (χ1v) is 4.24. The predicted molar refractivity (Wildman–Crippen MR) is 44.5 cm³/mol. The van der Waals surface area contributed by atoms with E-state index >= 15 is 0 Å². The number of hydrogen-bond donors (Lipinski definition) is 1. The third kappa shape index (κ3) is 2.02. The minimum atomic E-state index is -3.02. The van der Waals surface area contributed by atoms with Gasteiger partial charge in [-0.3, -0.25) is 0 Å². The van der Waals surface area contributed by atoms with Crippen LogP contribution in [0.25, 0.3) is 0 Å². The maximum absolute atomic E-state index is 12.5. The predicted octanol–water partition coefficient (Wildman–Crippen LogP) is 2.57. The lowest BCUT2D eigenvalue weighted by molar-refractivity contribution is -0.112. The van der Waals surface area contributed by atoms with Gasteiger partial charge >= 0.3 is 3.93 Å². The molecule has 0 aliphatic rings. The molecule has 0 aromatic rings. The van der Waals surface area contributed by atoms with Crippen LogP contribution in [0.5, 0.6) is 0 Å². The molecular formula is C6H11F2IO. The number of rotatable bonds is 3. The first-order valence-electron chi connectivity index (χ1n) is 3.16. The van der Waals surface area contributed by atoms with Crippen molar-refractivity contribution in [2.75, 3.05) is 0 Å². The Morgan fingerprint density at radius 3 is 1.60 bits per heavy atom. The van der Waals surface area contributed by atoms with Gasteiger partial charge in [-0.15, -0.1) is 0 Å². The largest absolute Gasteiger partial charge is 0.383 e. The molecule has 0 saturated heterocycles. The van der Waals surface area contributed by atoms with Crippen molar-refractivity contribution in [1.82, 2.24) is 0 Å². The fraction of sp³-hybridized carbons (Fsp3) is 1.00. The highest BCUT2D eigenvalue weighted by molar-refractivity contribution is 14.1. The number of alkyl halides is 3. The van der Waals surface area contributed by atoms with Crippen LogP contribution in [0, 0.1) is 0 Å². The fourth-order valence-corrected chi connectivity index (χ4v) is 1.41. The monoisotopic (exact) mass is 264 g/mol. The lowest BCUT2D eigenvalue weighted by atomic mass is 9.99. The maximum atomic E-state index is 12.5. The SMILES string of the molecule is CCC(O)(CC)C(F)(F)I. The van der Waals surface area contributed by atoms with Crippen molar-refractivity contribution in [2.45, 2.75) is 36.2 Å². The Bertz CT molecular complexity index is 107. The molecule has 0 spiro atoms. The summed E-state index contributed by atoms with van der Waals surface area (Å²) < 4.78 is 22.0. The minimum Gasteiger partial charge on any atom is -0.383 e. The van der Waals surface area contributed by atoms with Gasteiger partial charge in [0.1, 0.15) is 5.60 Å². The summed E-state index contributed by atoms with van der Waals surface area (Å²) in [5.41, 5.74) is -1.83. The van der Waals surface area contributed by atoms with Crippen LogP contribution >= 0.6 is 22.6 Å². The molecule has 0 unspecified atom stereocenters. The summed E-state index contributed by atoms with van der Waals surface area (Å²) in [7, 11) is 0. The van der Waals surface area contributed by atoms with Crippen molar-refractivity contribution < 1.29 is 13.9 Å². The molecule has 1 nitrogen and oxygen atoms in total. The van der Waals surface area contributed by atoms with Crippen molar-refractivity contribution >= 4 is 22.6 Å². The van der Waals surface area contributed by atoms with Gasteiger partial charge in [0, 0.05) is 22.6 Å². The van der Waals surface area contributed by atoms with Crippen LogP contribution in [0.3, 0.4) is 0 Å². The Morgan fingerprint density at radius 2 is 1.60 bits per heavy atom. The van der Waals surface area contributed by atoms with E-state index in [0.29, 0.717) is 0 Å². The highest BCUT2D eigenvalue weighted by atomic mass is 127. The molecule has 62 valence electrons. The van der Waals surface area contributed by atoms with Gasteiger partial charge in [-0.05, 0) is 12.8 Å². The third-order valence-electron chi connectivity index (χ3n) is 1.70. The van der Waals surface area contributed by atoms with Crippen LogP contribution in [0.4, 0.5) is 8.78 Å². The maximum Gasteiger partial charge on any atom is 0.324 e. The Hall–Kier alpha value is 0.550. The molecule has 0 aliphatic heterocycles. The standard InChI is InChI=1S/C6H11F2IO/c1-3-5(10,4-2)6(7,8)9/h10H,3-4H2,1-2H3. The van der Waals surface area contributed by atoms with E-state index < -0.39 is 9.53 Å². The zero-order valence-electron chi connectivity index (χ0n) is 6.00. The summed E-state index contributed by atoms with van der Waals surface area (Å²) in [4.78, 5) is 0. The second kappa shape index (κ2) is 3.30. The molecule has 1 N–H and O–H groups in total. The molecule has 0 aromatic heterocycles. The first kappa shape index (κ1) is 10.6. The number of aliphatic hydroxyl groups is 1. The Balaban J connectivity index is 4.33. The highest BCUT2D eigenvalue weighted by Gasteiger charge is 2.47. The van der Waals surface area contributed by atoms with Crippen LogP contribution in [-0.2, 0) is 0 Å². The van der Waals surface area contributed by atoms with E-state index in [2.05, 4.69) is 0 Å². The number of hydrogen-bond acceptors (Lipinski definition) is 1. The van der Waals surface area contributed by atoms with Crippen LogP contribution < -0.4 is 0 Å². The smallest absolute Gasteiger partial charge is 0.324 e. The summed E-state index contributed by atoms with van der Waals surface area (Å²) in [6, 6.07) is 0. The molecule has 0 aliphatic carbocycles. The van der Waals surface area contributed by atoms with E-state index in [9.17, 15) is 13.9 Å². The Morgan fingerprint density at radius 1 is 1.30 bits per heavy atom. The van der Waals surface area contributed by atoms with E-state index in [1.54, 1.807) is 13.8 Å². The normalized spacial score (nSPS) is 13.8. The summed E-state index contributed by atoms with van der Waals surface area (Å²) in [6.45, 7) is 3.10. The summed E-state index contributed by atoms with van der Waals surface area (Å²) in [5.74, 6) is 0. The van der Waals surface area contributed by atoms with Gasteiger partial charge in [-0.2, -0.15) is 8.78 Å². The minimum absolute atomic E-state index is 0.0828. The van der Waals surface area contributed by atoms with Gasteiger partial charge in [-0.25, -0.2) is 0 Å². The lowest BCUT2D eigenvalue weighted by Crippen LogP contribution is -2.42. The molecule has 0 amide bonds. The zero-order valence-corrected chi connectivity index (χ0v) is 8.15. The van der Waals surface area contributed by atoms with E-state index in [0.717, 1.165) is 22.6 Å². The van der Waals surface area contributed by atoms with Crippen LogP contribution in [0.15, 0.2) is 0 Å². The van der Waals surface area contributed by atoms with E-state index in [4.69, 9.17) is 0 Å². The molecular weight excluding hydrogens is 253 g/mol. The molecule has 0 fully saturated rings. The molecule has 4 heteroatoms. The third-order valence-corrected chi connectivity index (χ3v) is 2.70. The van der Waals surface area contributed by atoms with Crippen molar-refractivity contribution in [2.24, 2.45) is 0 Å². The molecule has 0 aromatic carbocycles. The zero-order chi connectivity index (χ0) is 8.41. The molecule has 0 saturated carbocycles. The van der Waals surface area contributed by atoms with Crippen molar-refractivity contribution in [3.05, 3.63) is 0 Å². The molecule has 10 heavy (non-hydrogen) atoms. The summed E-state index contributed by atoms with van der Waals surface area (Å²) in [6.07, 6.45) is 0.166. The van der Waals surface area contributed by atoms with Crippen molar-refractivity contribution in [3.8, 4) is 0 Å². The topological polar surface area (TPSA) is 20.2 Å². The van der Waals surface area contributed by atoms with Crippen LogP contribution in [-0.4, -0.2) is 14.6 Å².